The molecule has 0 aliphatic heterocycles. The second kappa shape index (κ2) is 4.70. The summed E-state index contributed by atoms with van der Waals surface area (Å²) < 4.78 is 0. The van der Waals surface area contributed by atoms with E-state index in [0.29, 0.717) is 0 Å². The largest absolute Gasteiger partial charge is 0.338 e. The number of nitrogens with zero attached hydrogens (tertiary/aromatic N) is 1. The van der Waals surface area contributed by atoms with Gasteiger partial charge in [0.1, 0.15) is 5.82 Å². The van der Waals surface area contributed by atoms with Crippen LogP contribution in [0.1, 0.15) is 51.7 Å². The molecule has 23 heavy (non-hydrogen) atoms. The SMILES string of the molecule is CC1(C)CCC(C)(C)c2cc(-c3nc4ccccc4[nH]3)ccc21. The molecular formula is C21H24N2. The average Bonchev–Trinajstić information content (AvgIpc) is 2.96. The van der Waals surface area contributed by atoms with E-state index in [1.807, 2.05) is 12.1 Å². The highest BCUT2D eigenvalue weighted by atomic mass is 14.9. The second-order valence-electron chi connectivity index (χ2n) is 8.13. The average molecular weight is 304 g/mol. The lowest BCUT2D eigenvalue weighted by atomic mass is 9.63. The molecule has 0 spiro atoms. The second-order valence-corrected chi connectivity index (χ2v) is 8.13. The number of aromatic amines is 1. The molecule has 1 aliphatic carbocycles. The maximum Gasteiger partial charge on any atom is 0.138 e. The molecule has 1 heterocycles. The molecule has 0 saturated carbocycles. The van der Waals surface area contributed by atoms with Crippen LogP contribution in [-0.4, -0.2) is 9.97 Å². The van der Waals surface area contributed by atoms with E-state index in [1.165, 1.54) is 29.5 Å². The Morgan fingerprint density at radius 3 is 2.30 bits per heavy atom. The molecule has 4 rings (SSSR count). The third kappa shape index (κ3) is 2.28. The topological polar surface area (TPSA) is 28.7 Å². The van der Waals surface area contributed by atoms with Crippen LogP contribution >= 0.6 is 0 Å². The summed E-state index contributed by atoms with van der Waals surface area (Å²) in [6, 6.07) is 15.1. The Morgan fingerprint density at radius 1 is 0.870 bits per heavy atom. The lowest BCUT2D eigenvalue weighted by Gasteiger charge is -2.42. The van der Waals surface area contributed by atoms with Gasteiger partial charge < -0.3 is 4.98 Å². The predicted molar refractivity (Wildman–Crippen MR) is 96.8 cm³/mol. The maximum atomic E-state index is 4.76. The van der Waals surface area contributed by atoms with Gasteiger partial charge >= 0.3 is 0 Å². The summed E-state index contributed by atoms with van der Waals surface area (Å²) in [5.41, 5.74) is 6.77. The predicted octanol–water partition coefficient (Wildman–Crippen LogP) is 5.58. The number of hydrogen-bond donors (Lipinski definition) is 1. The van der Waals surface area contributed by atoms with Gasteiger partial charge in [-0.25, -0.2) is 4.98 Å². The van der Waals surface area contributed by atoms with Crippen molar-refractivity contribution in [2.45, 2.75) is 51.4 Å². The van der Waals surface area contributed by atoms with E-state index in [-0.39, 0.29) is 10.8 Å². The molecule has 0 bridgehead atoms. The standard InChI is InChI=1S/C21H24N2/c1-20(2)11-12-21(3,4)16-13-14(9-10-15(16)20)19-22-17-7-5-6-8-18(17)23-19/h5-10,13H,11-12H2,1-4H3,(H,22,23). The van der Waals surface area contributed by atoms with E-state index in [9.17, 15) is 0 Å². The van der Waals surface area contributed by atoms with Crippen molar-refractivity contribution in [2.75, 3.05) is 0 Å². The van der Waals surface area contributed by atoms with Crippen molar-refractivity contribution in [3.63, 3.8) is 0 Å². The van der Waals surface area contributed by atoms with Crippen LogP contribution in [0.25, 0.3) is 22.4 Å². The van der Waals surface area contributed by atoms with E-state index in [0.717, 1.165) is 16.9 Å². The summed E-state index contributed by atoms with van der Waals surface area (Å²) in [5.74, 6) is 0.966. The lowest BCUT2D eigenvalue weighted by Crippen LogP contribution is -2.33. The number of benzene rings is 2. The zero-order valence-corrected chi connectivity index (χ0v) is 14.4. The molecule has 1 N–H and O–H groups in total. The highest BCUT2D eigenvalue weighted by Gasteiger charge is 2.37. The zero-order valence-electron chi connectivity index (χ0n) is 14.4. The molecule has 0 radical (unpaired) electrons. The Hall–Kier alpha value is -2.09. The first-order valence-corrected chi connectivity index (χ1v) is 8.47. The molecule has 0 saturated heterocycles. The Morgan fingerprint density at radius 2 is 1.57 bits per heavy atom. The number of hydrogen-bond acceptors (Lipinski definition) is 1. The first-order valence-electron chi connectivity index (χ1n) is 8.47. The summed E-state index contributed by atoms with van der Waals surface area (Å²) >= 11 is 0. The monoisotopic (exact) mass is 304 g/mol. The third-order valence-corrected chi connectivity index (χ3v) is 5.52. The summed E-state index contributed by atoms with van der Waals surface area (Å²) in [6.45, 7) is 9.46. The summed E-state index contributed by atoms with van der Waals surface area (Å²) in [6.07, 6.45) is 2.48. The number of rotatable bonds is 1. The molecule has 3 aromatic rings. The van der Waals surface area contributed by atoms with E-state index in [1.54, 1.807) is 0 Å². The van der Waals surface area contributed by atoms with Crippen LogP contribution in [0.4, 0.5) is 0 Å². The van der Waals surface area contributed by atoms with Crippen LogP contribution in [0, 0.1) is 0 Å². The molecule has 2 aromatic carbocycles. The van der Waals surface area contributed by atoms with Crippen molar-refractivity contribution >= 4 is 11.0 Å². The molecular weight excluding hydrogens is 280 g/mol. The van der Waals surface area contributed by atoms with Crippen molar-refractivity contribution < 1.29 is 0 Å². The molecule has 1 aromatic heterocycles. The molecule has 0 fully saturated rings. The van der Waals surface area contributed by atoms with Gasteiger partial charge in [-0.3, -0.25) is 0 Å². The van der Waals surface area contributed by atoms with Crippen molar-refractivity contribution in [3.8, 4) is 11.4 Å². The van der Waals surface area contributed by atoms with Crippen LogP contribution in [0.3, 0.4) is 0 Å². The van der Waals surface area contributed by atoms with E-state index in [2.05, 4.69) is 63.0 Å². The number of aromatic nitrogens is 2. The number of fused-ring (bicyclic) bond motifs is 2. The van der Waals surface area contributed by atoms with E-state index in [4.69, 9.17) is 4.98 Å². The van der Waals surface area contributed by atoms with Crippen molar-refractivity contribution in [1.29, 1.82) is 0 Å². The first kappa shape index (κ1) is 14.5. The zero-order chi connectivity index (χ0) is 16.2. The lowest BCUT2D eigenvalue weighted by molar-refractivity contribution is 0.332. The van der Waals surface area contributed by atoms with Gasteiger partial charge in [-0.05, 0) is 53.0 Å². The van der Waals surface area contributed by atoms with E-state index >= 15 is 0 Å². The summed E-state index contributed by atoms with van der Waals surface area (Å²) in [7, 11) is 0. The summed E-state index contributed by atoms with van der Waals surface area (Å²) in [5, 5.41) is 0. The van der Waals surface area contributed by atoms with Crippen LogP contribution in [0.2, 0.25) is 0 Å². The fraction of sp³-hybridized carbons (Fsp3) is 0.381. The Kier molecular flexibility index (Phi) is 2.96. The van der Waals surface area contributed by atoms with Gasteiger partial charge in [0.25, 0.3) is 0 Å². The highest BCUT2D eigenvalue weighted by molar-refractivity contribution is 5.79. The Labute approximate surface area is 138 Å². The Bertz CT molecular complexity index is 851. The molecule has 2 nitrogen and oxygen atoms in total. The minimum Gasteiger partial charge on any atom is -0.338 e. The molecule has 2 heteroatoms. The van der Waals surface area contributed by atoms with Crippen molar-refractivity contribution in [1.82, 2.24) is 9.97 Å². The fourth-order valence-corrected chi connectivity index (χ4v) is 3.83. The van der Waals surface area contributed by atoms with Gasteiger partial charge in [-0.2, -0.15) is 0 Å². The molecule has 0 amide bonds. The molecule has 0 atom stereocenters. The summed E-state index contributed by atoms with van der Waals surface area (Å²) in [4.78, 5) is 8.22. The van der Waals surface area contributed by atoms with Gasteiger partial charge in [0, 0.05) is 5.56 Å². The smallest absolute Gasteiger partial charge is 0.138 e. The normalized spacial score (nSPS) is 18.8. The van der Waals surface area contributed by atoms with Gasteiger partial charge in [-0.1, -0.05) is 52.0 Å². The molecule has 118 valence electrons. The fourth-order valence-electron chi connectivity index (χ4n) is 3.83. The van der Waals surface area contributed by atoms with Crippen LogP contribution < -0.4 is 0 Å². The maximum absolute atomic E-state index is 4.76. The number of H-pyrrole nitrogens is 1. The number of imidazole rings is 1. The van der Waals surface area contributed by atoms with Gasteiger partial charge in [0.15, 0.2) is 0 Å². The quantitative estimate of drug-likeness (QED) is 0.624. The highest BCUT2D eigenvalue weighted by Crippen LogP contribution is 2.46. The van der Waals surface area contributed by atoms with Crippen LogP contribution in [-0.2, 0) is 10.8 Å². The number of para-hydroxylation sites is 2. The third-order valence-electron chi connectivity index (χ3n) is 5.52. The Balaban J connectivity index is 1.88. The number of nitrogens with one attached hydrogen (secondary N) is 1. The van der Waals surface area contributed by atoms with Crippen molar-refractivity contribution in [3.05, 3.63) is 53.6 Å². The molecule has 0 unspecified atom stereocenters. The minimum absolute atomic E-state index is 0.229. The van der Waals surface area contributed by atoms with Gasteiger partial charge in [-0.15, -0.1) is 0 Å². The van der Waals surface area contributed by atoms with Crippen LogP contribution in [0.5, 0.6) is 0 Å². The van der Waals surface area contributed by atoms with Crippen molar-refractivity contribution in [2.24, 2.45) is 0 Å². The first-order chi connectivity index (χ1) is 10.9. The minimum atomic E-state index is 0.229. The van der Waals surface area contributed by atoms with Crippen LogP contribution in [0.15, 0.2) is 42.5 Å². The van der Waals surface area contributed by atoms with Gasteiger partial charge in [0.05, 0.1) is 11.0 Å². The van der Waals surface area contributed by atoms with E-state index < -0.39 is 0 Å². The molecule has 1 aliphatic rings. The van der Waals surface area contributed by atoms with Gasteiger partial charge in [0.2, 0.25) is 0 Å².